The van der Waals surface area contributed by atoms with Gasteiger partial charge in [0.15, 0.2) is 18.3 Å². The van der Waals surface area contributed by atoms with Crippen molar-refractivity contribution in [2.45, 2.75) is 102 Å². The van der Waals surface area contributed by atoms with E-state index in [0.717, 1.165) is 47.1 Å². The molecule has 3 aliphatic rings. The zero-order valence-corrected chi connectivity index (χ0v) is 30.9. The second-order valence-electron chi connectivity index (χ2n) is 13.0. The highest BCUT2D eigenvalue weighted by molar-refractivity contribution is 5.91. The molecular formula is C36H42O19. The van der Waals surface area contributed by atoms with E-state index in [2.05, 4.69) is 0 Å². The molecule has 1 aromatic rings. The van der Waals surface area contributed by atoms with Crippen molar-refractivity contribution in [3.8, 4) is 5.75 Å². The van der Waals surface area contributed by atoms with Crippen LogP contribution in [-0.4, -0.2) is 120 Å². The summed E-state index contributed by atoms with van der Waals surface area (Å²) < 4.78 is 54.6. The predicted octanol–water partition coefficient (Wildman–Crippen LogP) is 0.552. The Kier molecular flexibility index (Phi) is 13.4. The van der Waals surface area contributed by atoms with Gasteiger partial charge in [-0.1, -0.05) is 12.1 Å². The number of carbonyl (C=O) groups excluding carboxylic acids is 7. The topological polar surface area (TPSA) is 252 Å². The van der Waals surface area contributed by atoms with E-state index in [-0.39, 0.29) is 5.75 Å². The van der Waals surface area contributed by atoms with Crippen molar-refractivity contribution in [3.63, 3.8) is 0 Å². The molecule has 300 valence electrons. The first-order valence-electron chi connectivity index (χ1n) is 16.8. The molecule has 1 saturated heterocycles. The molecule has 0 spiro atoms. The Morgan fingerprint density at radius 2 is 1.40 bits per heavy atom. The summed E-state index contributed by atoms with van der Waals surface area (Å²) in [7, 11) is 1.04. The van der Waals surface area contributed by atoms with Crippen LogP contribution >= 0.6 is 0 Å². The van der Waals surface area contributed by atoms with Gasteiger partial charge in [0.25, 0.3) is 0 Å². The van der Waals surface area contributed by atoms with Crippen LogP contribution in [0.25, 0.3) is 6.08 Å². The minimum atomic E-state index is -2.36. The first-order chi connectivity index (χ1) is 25.8. The van der Waals surface area contributed by atoms with E-state index in [9.17, 15) is 43.8 Å². The van der Waals surface area contributed by atoms with Crippen LogP contribution in [0, 0.1) is 5.92 Å². The fourth-order valence-corrected chi connectivity index (χ4v) is 6.59. The molecule has 4 rings (SSSR count). The van der Waals surface area contributed by atoms with Crippen molar-refractivity contribution in [3.05, 3.63) is 47.7 Å². The Morgan fingerprint density at radius 1 is 0.800 bits per heavy atom. The normalized spacial score (nSPS) is 31.1. The van der Waals surface area contributed by atoms with Crippen molar-refractivity contribution in [2.75, 3.05) is 13.7 Å². The molecule has 55 heavy (non-hydrogen) atoms. The monoisotopic (exact) mass is 778 g/mol. The number of hydrogen-bond donors (Lipinski definition) is 2. The average molecular weight is 779 g/mol. The van der Waals surface area contributed by atoms with Gasteiger partial charge in [-0.25, -0.2) is 9.59 Å². The number of hydrogen-bond acceptors (Lipinski definition) is 19. The van der Waals surface area contributed by atoms with Gasteiger partial charge in [-0.3, -0.25) is 24.0 Å². The summed E-state index contributed by atoms with van der Waals surface area (Å²) in [6, 6.07) is 6.12. The Bertz CT molecular complexity index is 1710. The third kappa shape index (κ3) is 10.0. The van der Waals surface area contributed by atoms with E-state index in [1.165, 1.54) is 32.1 Å². The molecule has 0 bridgehead atoms. The number of esters is 7. The van der Waals surface area contributed by atoms with Crippen LogP contribution in [0.1, 0.15) is 53.5 Å². The molecule has 1 aromatic carbocycles. The molecule has 1 saturated carbocycles. The first-order valence-corrected chi connectivity index (χ1v) is 16.8. The molecule has 0 unspecified atom stereocenters. The van der Waals surface area contributed by atoms with Crippen LogP contribution in [0.15, 0.2) is 42.2 Å². The van der Waals surface area contributed by atoms with Crippen LogP contribution in [0.3, 0.4) is 0 Å². The van der Waals surface area contributed by atoms with E-state index in [1.54, 1.807) is 12.1 Å². The number of methoxy groups -OCH3 is 1. The SMILES string of the molecule is COC(=O)C1=CO[C@@H](O[C@@H]2O[C@H](COC(C)=O)[C@@H](OC(C)=O)[C@H](OC(C)=O)[C@H]2OC(C)=O)[C@@H]2[C@@](C)(O)[C@@H](OC(=O)C=Cc3ccc(OC(C)=O)cc3)C[C@]12O. The van der Waals surface area contributed by atoms with Gasteiger partial charge in [0.2, 0.25) is 12.6 Å². The van der Waals surface area contributed by atoms with E-state index >= 15 is 0 Å². The second kappa shape index (κ2) is 17.4. The maximum Gasteiger partial charge on any atom is 0.339 e. The van der Waals surface area contributed by atoms with Crippen molar-refractivity contribution in [2.24, 2.45) is 5.92 Å². The molecule has 2 aliphatic heterocycles. The van der Waals surface area contributed by atoms with Gasteiger partial charge in [0.1, 0.15) is 41.3 Å². The molecule has 10 atom stereocenters. The molecule has 2 heterocycles. The minimum Gasteiger partial charge on any atom is -0.471 e. The summed E-state index contributed by atoms with van der Waals surface area (Å²) in [4.78, 5) is 85.6. The number of rotatable bonds is 12. The van der Waals surface area contributed by atoms with E-state index in [1.807, 2.05) is 0 Å². The van der Waals surface area contributed by atoms with Crippen molar-refractivity contribution in [1.29, 1.82) is 0 Å². The molecule has 19 nitrogen and oxygen atoms in total. The number of benzene rings is 1. The number of ether oxygens (including phenoxy) is 10. The molecule has 2 N–H and O–H groups in total. The lowest BCUT2D eigenvalue weighted by molar-refractivity contribution is -0.353. The lowest BCUT2D eigenvalue weighted by Crippen LogP contribution is -2.65. The summed E-state index contributed by atoms with van der Waals surface area (Å²) in [5.41, 5.74) is -4.57. The third-order valence-electron chi connectivity index (χ3n) is 8.78. The predicted molar refractivity (Wildman–Crippen MR) is 178 cm³/mol. The van der Waals surface area contributed by atoms with Gasteiger partial charge in [-0.05, 0) is 30.7 Å². The highest BCUT2D eigenvalue weighted by Gasteiger charge is 2.69. The third-order valence-corrected chi connectivity index (χ3v) is 8.78. The first kappa shape index (κ1) is 42.4. The largest absolute Gasteiger partial charge is 0.471 e. The minimum absolute atomic E-state index is 0.280. The smallest absolute Gasteiger partial charge is 0.339 e. The molecule has 2 fully saturated rings. The fourth-order valence-electron chi connectivity index (χ4n) is 6.59. The summed E-state index contributed by atoms with van der Waals surface area (Å²) in [6.07, 6.45) is -8.76. The summed E-state index contributed by atoms with van der Waals surface area (Å²) in [6.45, 7) is 6.04. The van der Waals surface area contributed by atoms with Crippen LogP contribution < -0.4 is 4.74 Å². The van der Waals surface area contributed by atoms with E-state index in [0.29, 0.717) is 5.56 Å². The highest BCUT2D eigenvalue weighted by Crippen LogP contribution is 2.53. The van der Waals surface area contributed by atoms with Gasteiger partial charge in [-0.15, -0.1) is 0 Å². The summed E-state index contributed by atoms with van der Waals surface area (Å²) >= 11 is 0. The second-order valence-corrected chi connectivity index (χ2v) is 13.0. The average Bonchev–Trinajstić information content (AvgIpc) is 3.29. The van der Waals surface area contributed by atoms with Gasteiger partial charge in [0, 0.05) is 47.1 Å². The van der Waals surface area contributed by atoms with Gasteiger partial charge in [0.05, 0.1) is 19.3 Å². The Morgan fingerprint density at radius 3 is 1.96 bits per heavy atom. The van der Waals surface area contributed by atoms with Crippen molar-refractivity contribution in [1.82, 2.24) is 0 Å². The Hall–Kier alpha value is -5.37. The van der Waals surface area contributed by atoms with Crippen LogP contribution in [0.5, 0.6) is 5.75 Å². The summed E-state index contributed by atoms with van der Waals surface area (Å²) in [5.74, 6) is -7.39. The zero-order chi connectivity index (χ0) is 40.8. The van der Waals surface area contributed by atoms with Crippen LogP contribution in [0.2, 0.25) is 0 Å². The van der Waals surface area contributed by atoms with Gasteiger partial charge < -0.3 is 57.6 Å². The van der Waals surface area contributed by atoms with Gasteiger partial charge in [-0.2, -0.15) is 0 Å². The quantitative estimate of drug-likeness (QED) is 0.127. The number of fused-ring (bicyclic) bond motifs is 1. The Balaban J connectivity index is 1.68. The van der Waals surface area contributed by atoms with E-state index in [4.69, 9.17) is 47.4 Å². The molecule has 0 amide bonds. The maximum atomic E-state index is 13.1. The van der Waals surface area contributed by atoms with Crippen molar-refractivity contribution < 1.29 is 91.1 Å². The highest BCUT2D eigenvalue weighted by atomic mass is 16.8. The zero-order valence-electron chi connectivity index (χ0n) is 30.9. The van der Waals surface area contributed by atoms with Gasteiger partial charge >= 0.3 is 41.8 Å². The number of aliphatic hydroxyl groups is 2. The molecule has 0 radical (unpaired) electrons. The maximum absolute atomic E-state index is 13.1. The lowest BCUT2D eigenvalue weighted by atomic mass is 9.77. The molecular weight excluding hydrogens is 736 g/mol. The fraction of sp³-hybridized carbons (Fsp3) is 0.528. The molecule has 19 heteroatoms. The standard InChI is InChI=1S/C36H42O19/c1-17(37)47-16-25-28(50-19(3)39)29(51-20(4)40)30(52-21(5)41)33(53-25)55-34-31-35(6,44)26(14-36(31,45)24(15-48-34)32(43)46-7)54-27(42)13-10-22-8-11-23(12-9-22)49-18(2)38/h8-13,15,25-26,28-31,33-34,44-45H,14,16H2,1-7H3/t25-,26+,28-,29+,30-,31-,33+,34+,35+,36+/m1/s1. The summed E-state index contributed by atoms with van der Waals surface area (Å²) in [5, 5.41) is 24.2. The number of carbonyl (C=O) groups is 7. The molecule has 1 aliphatic carbocycles. The Labute approximate surface area is 314 Å². The lowest BCUT2D eigenvalue weighted by Gasteiger charge is -2.47. The van der Waals surface area contributed by atoms with Crippen LogP contribution in [0.4, 0.5) is 0 Å². The van der Waals surface area contributed by atoms with E-state index < -0.39 is 121 Å². The van der Waals surface area contributed by atoms with Crippen molar-refractivity contribution >= 4 is 47.9 Å². The van der Waals surface area contributed by atoms with Crippen LogP contribution in [-0.2, 0) is 76.2 Å². The molecule has 0 aromatic heterocycles.